The van der Waals surface area contributed by atoms with Gasteiger partial charge in [-0.05, 0) is 45.7 Å². The summed E-state index contributed by atoms with van der Waals surface area (Å²) in [6, 6.07) is 8.61. The Bertz CT molecular complexity index is 1810. The molecule has 48 heavy (non-hydrogen) atoms. The first-order valence-corrected chi connectivity index (χ1v) is 15.8. The maximum absolute atomic E-state index is 15.4. The number of nitriles is 1. The molecular weight excluding hydrogens is 617 g/mol. The SMILES string of the molecule is COc1ccc(CN2C(C)CC2CN(C)c2cnc(-c3cc(OCC4(F)CN(C(=O)OC(C)(C)C)C4)cn4ncc(C#N)c34)cn2)cn1. The van der Waals surface area contributed by atoms with Crippen LogP contribution >= 0.6 is 0 Å². The zero-order chi connectivity index (χ0) is 34.2. The zero-order valence-corrected chi connectivity index (χ0v) is 28.1. The topological polar surface area (TPSA) is 134 Å². The number of rotatable bonds is 10. The highest BCUT2D eigenvalue weighted by molar-refractivity contribution is 5.83. The van der Waals surface area contributed by atoms with E-state index in [0.717, 1.165) is 25.1 Å². The van der Waals surface area contributed by atoms with Crippen LogP contribution in [-0.4, -0.2) is 104 Å². The number of ether oxygens (including phenoxy) is 3. The van der Waals surface area contributed by atoms with Crippen molar-refractivity contribution in [2.24, 2.45) is 0 Å². The zero-order valence-electron chi connectivity index (χ0n) is 28.1. The van der Waals surface area contributed by atoms with Gasteiger partial charge in [0, 0.05) is 50.0 Å². The Morgan fingerprint density at radius 3 is 2.58 bits per heavy atom. The molecule has 0 spiro atoms. The lowest BCUT2D eigenvalue weighted by atomic mass is 9.93. The molecule has 0 aliphatic carbocycles. The maximum atomic E-state index is 15.4. The van der Waals surface area contributed by atoms with Crippen LogP contribution < -0.4 is 14.4 Å². The molecule has 0 bridgehead atoms. The monoisotopic (exact) mass is 657 g/mol. The summed E-state index contributed by atoms with van der Waals surface area (Å²) in [6.07, 6.45) is 8.79. The van der Waals surface area contributed by atoms with Gasteiger partial charge in [-0.1, -0.05) is 6.07 Å². The van der Waals surface area contributed by atoms with E-state index in [-0.39, 0.29) is 19.7 Å². The Morgan fingerprint density at radius 2 is 1.96 bits per heavy atom. The molecule has 0 saturated carbocycles. The summed E-state index contributed by atoms with van der Waals surface area (Å²) in [5, 5.41) is 14.1. The average molecular weight is 658 g/mol. The number of nitrogens with zero attached hydrogens (tertiary/aromatic N) is 9. The summed E-state index contributed by atoms with van der Waals surface area (Å²) in [7, 11) is 3.60. The standard InChI is InChI=1S/C34H40FN9O4/c1-22-9-25(43(22)16-23-7-8-30(46-6)39-12-23)17-41(5)29-15-37-28(14-38-29)27-10-26(18-44-31(27)24(11-36)13-40-44)47-21-34(35)19-42(20-34)32(45)48-33(2,3)4/h7-8,10,12-15,18,22,25H,9,16-17,19-21H2,1-6H3. The van der Waals surface area contributed by atoms with Crippen molar-refractivity contribution in [1.82, 2.24) is 34.4 Å². The quantitative estimate of drug-likeness (QED) is 0.239. The molecule has 1 amide bonds. The molecule has 6 heterocycles. The minimum atomic E-state index is -1.72. The molecule has 252 valence electrons. The second kappa shape index (κ2) is 12.9. The molecule has 4 aromatic rings. The first-order valence-electron chi connectivity index (χ1n) is 15.8. The minimum absolute atomic E-state index is 0.131. The summed E-state index contributed by atoms with van der Waals surface area (Å²) >= 11 is 0. The van der Waals surface area contributed by atoms with Gasteiger partial charge in [-0.25, -0.2) is 23.7 Å². The second-order valence-electron chi connectivity index (χ2n) is 13.6. The Morgan fingerprint density at radius 1 is 1.17 bits per heavy atom. The molecule has 13 nitrogen and oxygen atoms in total. The fourth-order valence-corrected chi connectivity index (χ4v) is 6.10. The molecular formula is C34H40FN9O4. The smallest absolute Gasteiger partial charge is 0.410 e. The average Bonchev–Trinajstić information content (AvgIpc) is 3.47. The number of anilines is 1. The largest absolute Gasteiger partial charge is 0.488 e. The molecule has 0 N–H and O–H groups in total. The van der Waals surface area contributed by atoms with Crippen LogP contribution in [0.1, 0.15) is 45.2 Å². The molecule has 6 rings (SSSR count). The Hall–Kier alpha value is -5.03. The number of likely N-dealkylation sites (tertiary alicyclic amines) is 2. The predicted octanol–water partition coefficient (Wildman–Crippen LogP) is 4.50. The molecule has 4 aromatic heterocycles. The van der Waals surface area contributed by atoms with Gasteiger partial charge in [0.15, 0.2) is 5.67 Å². The lowest BCUT2D eigenvalue weighted by molar-refractivity contribution is -0.0686. The summed E-state index contributed by atoms with van der Waals surface area (Å²) in [4.78, 5) is 31.9. The molecule has 2 unspecified atom stereocenters. The van der Waals surface area contributed by atoms with Crippen molar-refractivity contribution in [2.45, 2.75) is 64.0 Å². The summed E-state index contributed by atoms with van der Waals surface area (Å²) in [5.74, 6) is 1.65. The number of fused-ring (bicyclic) bond motifs is 1. The van der Waals surface area contributed by atoms with Crippen LogP contribution in [0.5, 0.6) is 11.6 Å². The third kappa shape index (κ3) is 6.96. The van der Waals surface area contributed by atoms with Crippen molar-refractivity contribution >= 4 is 17.4 Å². The minimum Gasteiger partial charge on any atom is -0.488 e. The molecule has 2 aliphatic heterocycles. The molecule has 0 radical (unpaired) electrons. The van der Waals surface area contributed by atoms with Gasteiger partial charge in [0.1, 0.15) is 29.8 Å². The first-order chi connectivity index (χ1) is 22.8. The van der Waals surface area contributed by atoms with E-state index in [1.165, 1.54) is 15.6 Å². The fraction of sp³-hybridized carbons (Fsp3) is 0.471. The second-order valence-corrected chi connectivity index (χ2v) is 13.6. The van der Waals surface area contributed by atoms with E-state index in [1.54, 1.807) is 52.5 Å². The molecule has 2 aliphatic rings. The first kappa shape index (κ1) is 32.9. The van der Waals surface area contributed by atoms with Gasteiger partial charge in [0.05, 0.1) is 61.8 Å². The van der Waals surface area contributed by atoms with Gasteiger partial charge in [0.25, 0.3) is 0 Å². The Labute approximate surface area is 278 Å². The van der Waals surface area contributed by atoms with Crippen molar-refractivity contribution in [1.29, 1.82) is 5.26 Å². The number of halogens is 1. The van der Waals surface area contributed by atoms with E-state index >= 15 is 4.39 Å². The number of carbonyl (C=O) groups excluding carboxylic acids is 1. The van der Waals surface area contributed by atoms with Crippen molar-refractivity contribution in [2.75, 3.05) is 45.3 Å². The highest BCUT2D eigenvalue weighted by atomic mass is 19.1. The lowest BCUT2D eigenvalue weighted by Gasteiger charge is -2.48. The van der Waals surface area contributed by atoms with Gasteiger partial charge in [0.2, 0.25) is 5.88 Å². The predicted molar refractivity (Wildman–Crippen MR) is 176 cm³/mol. The van der Waals surface area contributed by atoms with Gasteiger partial charge < -0.3 is 24.0 Å². The van der Waals surface area contributed by atoms with E-state index in [2.05, 4.69) is 32.9 Å². The van der Waals surface area contributed by atoms with E-state index in [9.17, 15) is 10.1 Å². The number of methoxy groups -OCH3 is 1. The van der Waals surface area contributed by atoms with Gasteiger partial charge >= 0.3 is 6.09 Å². The van der Waals surface area contributed by atoms with E-state index in [0.29, 0.717) is 51.9 Å². The van der Waals surface area contributed by atoms with Gasteiger partial charge in [-0.3, -0.25) is 9.88 Å². The molecule has 2 saturated heterocycles. The van der Waals surface area contributed by atoms with E-state index < -0.39 is 17.4 Å². The van der Waals surface area contributed by atoms with E-state index in [1.807, 2.05) is 25.4 Å². The number of aromatic nitrogens is 5. The number of likely N-dealkylation sites (N-methyl/N-ethyl adjacent to an activating group) is 1. The summed E-state index contributed by atoms with van der Waals surface area (Å²) < 4.78 is 33.3. The number of pyridine rings is 2. The number of amides is 1. The summed E-state index contributed by atoms with van der Waals surface area (Å²) in [6.45, 7) is 8.55. The van der Waals surface area contributed by atoms with Gasteiger partial charge in [-0.2, -0.15) is 10.4 Å². The normalized spacial score (nSPS) is 18.8. The van der Waals surface area contributed by atoms with Crippen LogP contribution in [0.2, 0.25) is 0 Å². The highest BCUT2D eigenvalue weighted by Gasteiger charge is 2.48. The Balaban J connectivity index is 1.13. The number of hydrogen-bond donors (Lipinski definition) is 0. The maximum Gasteiger partial charge on any atom is 0.410 e. The van der Waals surface area contributed by atoms with Crippen LogP contribution in [0, 0.1) is 11.3 Å². The summed E-state index contributed by atoms with van der Waals surface area (Å²) in [5.41, 5.74) is 0.739. The Kier molecular flexibility index (Phi) is 8.82. The third-order valence-corrected chi connectivity index (χ3v) is 8.61. The van der Waals surface area contributed by atoms with Crippen LogP contribution in [-0.2, 0) is 11.3 Å². The van der Waals surface area contributed by atoms with Crippen LogP contribution in [0.25, 0.3) is 16.8 Å². The van der Waals surface area contributed by atoms with Crippen molar-refractivity contribution in [3.05, 3.63) is 60.3 Å². The van der Waals surface area contributed by atoms with Crippen molar-refractivity contribution < 1.29 is 23.4 Å². The molecule has 0 aromatic carbocycles. The van der Waals surface area contributed by atoms with E-state index in [4.69, 9.17) is 24.2 Å². The van der Waals surface area contributed by atoms with Crippen LogP contribution in [0.4, 0.5) is 15.0 Å². The van der Waals surface area contributed by atoms with Crippen LogP contribution in [0.3, 0.4) is 0 Å². The van der Waals surface area contributed by atoms with Crippen molar-refractivity contribution in [3.63, 3.8) is 0 Å². The molecule has 2 atom stereocenters. The lowest BCUT2D eigenvalue weighted by Crippen LogP contribution is -2.64. The highest BCUT2D eigenvalue weighted by Crippen LogP contribution is 2.33. The molecule has 14 heteroatoms. The number of hydrogen-bond acceptors (Lipinski definition) is 11. The molecule has 2 fully saturated rings. The third-order valence-electron chi connectivity index (χ3n) is 8.61. The van der Waals surface area contributed by atoms with Crippen LogP contribution in [0.15, 0.2) is 49.2 Å². The van der Waals surface area contributed by atoms with Crippen molar-refractivity contribution in [3.8, 4) is 29.0 Å². The fourth-order valence-electron chi connectivity index (χ4n) is 6.10. The number of alkyl halides is 1. The van der Waals surface area contributed by atoms with Gasteiger partial charge in [-0.15, -0.1) is 0 Å². The number of carbonyl (C=O) groups is 1.